The Labute approximate surface area is 177 Å². The van der Waals surface area contributed by atoms with E-state index in [0.717, 1.165) is 48.4 Å². The van der Waals surface area contributed by atoms with Gasteiger partial charge in [-0.2, -0.15) is 0 Å². The van der Waals surface area contributed by atoms with E-state index in [0.29, 0.717) is 26.3 Å². The van der Waals surface area contributed by atoms with E-state index in [1.54, 1.807) is 0 Å². The summed E-state index contributed by atoms with van der Waals surface area (Å²) in [6.07, 6.45) is 0. The maximum atomic E-state index is 12.2. The Hall–Kier alpha value is -2.44. The van der Waals surface area contributed by atoms with Crippen molar-refractivity contribution in [1.82, 2.24) is 10.2 Å². The Balaban J connectivity index is 1.31. The molecule has 7 heteroatoms. The van der Waals surface area contributed by atoms with Crippen molar-refractivity contribution in [3.63, 3.8) is 0 Å². The number of piperazine rings is 1. The van der Waals surface area contributed by atoms with Crippen LogP contribution in [0.1, 0.15) is 6.92 Å². The van der Waals surface area contributed by atoms with E-state index >= 15 is 0 Å². The highest BCUT2D eigenvalue weighted by Gasteiger charge is 2.19. The van der Waals surface area contributed by atoms with Gasteiger partial charge < -0.3 is 19.7 Å². The molecule has 1 N–H and O–H groups in total. The lowest BCUT2D eigenvalue weighted by molar-refractivity contribution is -0.122. The van der Waals surface area contributed by atoms with Gasteiger partial charge in [-0.1, -0.05) is 17.7 Å². The van der Waals surface area contributed by atoms with Gasteiger partial charge in [-0.3, -0.25) is 9.69 Å². The highest BCUT2D eigenvalue weighted by Crippen LogP contribution is 2.20. The summed E-state index contributed by atoms with van der Waals surface area (Å²) in [7, 11) is 0. The lowest BCUT2D eigenvalue weighted by atomic mass is 10.2. The SMILES string of the molecule is CCOc1ccc(OCCNC(=O)CN2CCN(c3cccc(Cl)c3)CC2)cc1. The molecule has 0 unspecified atom stereocenters. The number of halogens is 1. The second-order valence-electron chi connectivity index (χ2n) is 6.85. The molecule has 2 aromatic carbocycles. The Bertz CT molecular complexity index is 777. The fourth-order valence-electron chi connectivity index (χ4n) is 3.25. The summed E-state index contributed by atoms with van der Waals surface area (Å²) in [6.45, 7) is 7.38. The van der Waals surface area contributed by atoms with Crippen LogP contribution in [0.4, 0.5) is 5.69 Å². The van der Waals surface area contributed by atoms with Gasteiger partial charge >= 0.3 is 0 Å². The predicted molar refractivity (Wildman–Crippen MR) is 116 cm³/mol. The van der Waals surface area contributed by atoms with Crippen molar-refractivity contribution in [2.24, 2.45) is 0 Å². The third-order valence-electron chi connectivity index (χ3n) is 4.74. The van der Waals surface area contributed by atoms with Crippen LogP contribution in [0.3, 0.4) is 0 Å². The van der Waals surface area contributed by atoms with Crippen LogP contribution in [0.25, 0.3) is 0 Å². The van der Waals surface area contributed by atoms with Crippen LogP contribution in [-0.4, -0.2) is 63.3 Å². The molecule has 0 atom stereocenters. The molecule has 0 aromatic heterocycles. The maximum absolute atomic E-state index is 12.2. The van der Waals surface area contributed by atoms with Crippen molar-refractivity contribution in [2.45, 2.75) is 6.92 Å². The van der Waals surface area contributed by atoms with E-state index in [1.165, 1.54) is 0 Å². The molecule has 2 aromatic rings. The van der Waals surface area contributed by atoms with Crippen LogP contribution >= 0.6 is 11.6 Å². The molecule has 1 amide bonds. The lowest BCUT2D eigenvalue weighted by Gasteiger charge is -2.35. The van der Waals surface area contributed by atoms with Crippen molar-refractivity contribution in [1.29, 1.82) is 0 Å². The molecule has 0 radical (unpaired) electrons. The molecule has 6 nitrogen and oxygen atoms in total. The van der Waals surface area contributed by atoms with E-state index in [1.807, 2.05) is 49.4 Å². The van der Waals surface area contributed by atoms with Gasteiger partial charge in [0.2, 0.25) is 5.91 Å². The van der Waals surface area contributed by atoms with Gasteiger partial charge in [0.1, 0.15) is 18.1 Å². The Morgan fingerprint density at radius 1 is 1.03 bits per heavy atom. The first kappa shape index (κ1) is 21.3. The molecule has 1 saturated heterocycles. The van der Waals surface area contributed by atoms with Crippen molar-refractivity contribution in [3.8, 4) is 11.5 Å². The number of carbonyl (C=O) groups excluding carboxylic acids is 1. The number of carbonyl (C=O) groups is 1. The fourth-order valence-corrected chi connectivity index (χ4v) is 3.44. The van der Waals surface area contributed by atoms with Gasteiger partial charge in [-0.05, 0) is 49.4 Å². The zero-order chi connectivity index (χ0) is 20.5. The predicted octanol–water partition coefficient (Wildman–Crippen LogP) is 3.06. The first-order valence-electron chi connectivity index (χ1n) is 9.99. The first-order valence-corrected chi connectivity index (χ1v) is 10.4. The molecular weight excluding hydrogens is 390 g/mol. The van der Waals surface area contributed by atoms with E-state index in [9.17, 15) is 4.79 Å². The first-order chi connectivity index (χ1) is 14.1. The Morgan fingerprint density at radius 2 is 1.72 bits per heavy atom. The average molecular weight is 418 g/mol. The van der Waals surface area contributed by atoms with Crippen molar-refractivity contribution >= 4 is 23.2 Å². The van der Waals surface area contributed by atoms with Gasteiger partial charge in [0, 0.05) is 36.9 Å². The molecule has 0 aliphatic carbocycles. The number of ether oxygens (including phenoxy) is 2. The van der Waals surface area contributed by atoms with Crippen LogP contribution in [0.15, 0.2) is 48.5 Å². The smallest absolute Gasteiger partial charge is 0.234 e. The summed E-state index contributed by atoms with van der Waals surface area (Å²) in [5.41, 5.74) is 1.13. The second kappa shape index (κ2) is 10.9. The third-order valence-corrected chi connectivity index (χ3v) is 4.98. The molecule has 1 fully saturated rings. The lowest BCUT2D eigenvalue weighted by Crippen LogP contribution is -2.49. The summed E-state index contributed by atoms with van der Waals surface area (Å²) >= 11 is 6.07. The minimum atomic E-state index is 0.0245. The topological polar surface area (TPSA) is 54.0 Å². The number of benzene rings is 2. The fraction of sp³-hybridized carbons (Fsp3) is 0.409. The molecule has 3 rings (SSSR count). The summed E-state index contributed by atoms with van der Waals surface area (Å²) in [4.78, 5) is 16.6. The minimum absolute atomic E-state index is 0.0245. The molecule has 1 heterocycles. The maximum Gasteiger partial charge on any atom is 0.234 e. The van der Waals surface area contributed by atoms with Gasteiger partial charge in [0.25, 0.3) is 0 Å². The Kier molecular flexibility index (Phi) is 8.02. The minimum Gasteiger partial charge on any atom is -0.494 e. The quantitative estimate of drug-likeness (QED) is 0.635. The van der Waals surface area contributed by atoms with Crippen molar-refractivity contribution in [3.05, 3.63) is 53.6 Å². The number of nitrogens with one attached hydrogen (secondary N) is 1. The Morgan fingerprint density at radius 3 is 2.38 bits per heavy atom. The monoisotopic (exact) mass is 417 g/mol. The molecular formula is C22H28ClN3O3. The van der Waals surface area contributed by atoms with E-state index < -0.39 is 0 Å². The van der Waals surface area contributed by atoms with Crippen LogP contribution in [0.5, 0.6) is 11.5 Å². The zero-order valence-electron chi connectivity index (χ0n) is 16.8. The zero-order valence-corrected chi connectivity index (χ0v) is 17.5. The normalized spacial score (nSPS) is 14.5. The molecule has 0 bridgehead atoms. The van der Waals surface area contributed by atoms with Crippen LogP contribution < -0.4 is 19.7 Å². The number of nitrogens with zero attached hydrogens (tertiary/aromatic N) is 2. The van der Waals surface area contributed by atoms with E-state index in [-0.39, 0.29) is 5.91 Å². The number of amides is 1. The number of hydrogen-bond acceptors (Lipinski definition) is 5. The summed E-state index contributed by atoms with van der Waals surface area (Å²) in [6, 6.07) is 15.4. The number of rotatable bonds is 9. The van der Waals surface area contributed by atoms with Crippen LogP contribution in [0, 0.1) is 0 Å². The molecule has 156 valence electrons. The molecule has 0 spiro atoms. The van der Waals surface area contributed by atoms with E-state index in [2.05, 4.69) is 21.2 Å². The average Bonchev–Trinajstić information content (AvgIpc) is 2.73. The van der Waals surface area contributed by atoms with Gasteiger partial charge in [-0.25, -0.2) is 0 Å². The number of hydrogen-bond donors (Lipinski definition) is 1. The van der Waals surface area contributed by atoms with Crippen molar-refractivity contribution < 1.29 is 14.3 Å². The standard InChI is InChI=1S/C22H28ClN3O3/c1-2-28-20-6-8-21(9-7-20)29-15-10-24-22(27)17-25-11-13-26(14-12-25)19-5-3-4-18(23)16-19/h3-9,16H,2,10-15,17H2,1H3,(H,24,27). The second-order valence-corrected chi connectivity index (χ2v) is 7.28. The highest BCUT2D eigenvalue weighted by atomic mass is 35.5. The molecule has 29 heavy (non-hydrogen) atoms. The van der Waals surface area contributed by atoms with Gasteiger partial charge in [0.15, 0.2) is 0 Å². The summed E-state index contributed by atoms with van der Waals surface area (Å²) in [5.74, 6) is 1.61. The van der Waals surface area contributed by atoms with E-state index in [4.69, 9.17) is 21.1 Å². The summed E-state index contributed by atoms with van der Waals surface area (Å²) < 4.78 is 11.1. The highest BCUT2D eigenvalue weighted by molar-refractivity contribution is 6.30. The largest absolute Gasteiger partial charge is 0.494 e. The van der Waals surface area contributed by atoms with Crippen LogP contribution in [0.2, 0.25) is 5.02 Å². The van der Waals surface area contributed by atoms with Crippen molar-refractivity contribution in [2.75, 3.05) is 57.4 Å². The van der Waals surface area contributed by atoms with Gasteiger partial charge in [-0.15, -0.1) is 0 Å². The van der Waals surface area contributed by atoms with Gasteiger partial charge in [0.05, 0.1) is 19.7 Å². The molecule has 0 saturated carbocycles. The molecule has 1 aliphatic rings. The third kappa shape index (κ3) is 6.84. The molecule has 1 aliphatic heterocycles. The number of anilines is 1. The summed E-state index contributed by atoms with van der Waals surface area (Å²) in [5, 5.41) is 3.67. The van der Waals surface area contributed by atoms with Crippen LogP contribution in [-0.2, 0) is 4.79 Å².